The Labute approximate surface area is 196 Å². The third kappa shape index (κ3) is 2.60. The molecule has 0 unspecified atom stereocenters. The van der Waals surface area contributed by atoms with E-state index in [4.69, 9.17) is 0 Å². The molecule has 0 N–H and O–H groups in total. The SMILES string of the molecule is Cc1cccc2nc3c4ccc(S(=O)(=O)[O-])c5cccc(c(=O)n3c12)c54.[K+]. The predicted molar refractivity (Wildman–Crippen MR) is 97.9 cm³/mol. The maximum Gasteiger partial charge on any atom is 1.00 e. The normalized spacial score (nSPS) is 12.2. The van der Waals surface area contributed by atoms with Crippen molar-refractivity contribution in [1.82, 2.24) is 9.38 Å². The van der Waals surface area contributed by atoms with E-state index in [1.807, 2.05) is 25.1 Å². The first-order valence-electron chi connectivity index (χ1n) is 7.92. The molecule has 128 valence electrons. The third-order valence-electron chi connectivity index (χ3n) is 4.82. The summed E-state index contributed by atoms with van der Waals surface area (Å²) >= 11 is 0. The van der Waals surface area contributed by atoms with Crippen LogP contribution in [-0.2, 0) is 10.1 Å². The van der Waals surface area contributed by atoms with Gasteiger partial charge in [-0.2, -0.15) is 0 Å². The molecule has 0 fully saturated rings. The summed E-state index contributed by atoms with van der Waals surface area (Å²) in [5.41, 5.74) is 2.52. The van der Waals surface area contributed by atoms with Crippen molar-refractivity contribution < 1.29 is 64.4 Å². The Hall–Kier alpha value is -1.39. The van der Waals surface area contributed by atoms with E-state index in [9.17, 15) is 17.8 Å². The van der Waals surface area contributed by atoms with Gasteiger partial charge < -0.3 is 4.55 Å². The molecule has 5 aromatic rings. The molecule has 27 heavy (non-hydrogen) atoms. The number of hydrogen-bond donors (Lipinski definition) is 0. The maximum atomic E-state index is 13.2. The second kappa shape index (κ2) is 6.31. The molecular weight excluding hydrogens is 391 g/mol. The minimum absolute atomic E-state index is 0. The number of aromatic nitrogens is 2. The molecule has 8 heteroatoms. The first-order valence-corrected chi connectivity index (χ1v) is 9.33. The zero-order chi connectivity index (χ0) is 18.2. The zero-order valence-electron chi connectivity index (χ0n) is 14.6. The minimum Gasteiger partial charge on any atom is -0.744 e. The van der Waals surface area contributed by atoms with Crippen LogP contribution in [0.5, 0.6) is 0 Å². The van der Waals surface area contributed by atoms with E-state index in [2.05, 4.69) is 4.98 Å². The molecule has 0 amide bonds. The molecule has 0 saturated heterocycles. The molecule has 0 radical (unpaired) electrons. The molecule has 0 aliphatic rings. The van der Waals surface area contributed by atoms with Gasteiger partial charge in [-0.15, -0.1) is 0 Å². The Morgan fingerprint density at radius 3 is 2.41 bits per heavy atom. The number of hydrogen-bond acceptors (Lipinski definition) is 5. The molecule has 0 atom stereocenters. The van der Waals surface area contributed by atoms with Gasteiger partial charge in [0.1, 0.15) is 15.8 Å². The van der Waals surface area contributed by atoms with Crippen molar-refractivity contribution in [3.8, 4) is 0 Å². The summed E-state index contributed by atoms with van der Waals surface area (Å²) in [5, 5.41) is 1.70. The molecule has 0 bridgehead atoms. The van der Waals surface area contributed by atoms with Crippen molar-refractivity contribution in [3.63, 3.8) is 0 Å². The van der Waals surface area contributed by atoms with Gasteiger partial charge in [-0.05, 0) is 36.8 Å². The van der Waals surface area contributed by atoms with Crippen molar-refractivity contribution in [1.29, 1.82) is 0 Å². The van der Waals surface area contributed by atoms with Gasteiger partial charge in [0.05, 0.1) is 15.9 Å². The summed E-state index contributed by atoms with van der Waals surface area (Å²) in [4.78, 5) is 17.4. The standard InChI is InChI=1S/C19H12N2O4S.K/c1-10-4-2-7-14-17(10)21-18(20-14)12-8-9-15(26(23,24)25)11-5-3-6-13(16(11)12)19(21)22;/h2-9H,1H3,(H,23,24,25);/q;+1/p-1. The van der Waals surface area contributed by atoms with Crippen LogP contribution < -0.4 is 56.9 Å². The van der Waals surface area contributed by atoms with Crippen LogP contribution in [0.3, 0.4) is 0 Å². The fraction of sp³-hybridized carbons (Fsp3) is 0.0526. The predicted octanol–water partition coefficient (Wildman–Crippen LogP) is -0.192. The molecule has 0 aliphatic carbocycles. The van der Waals surface area contributed by atoms with Gasteiger partial charge in [0, 0.05) is 21.5 Å². The van der Waals surface area contributed by atoms with Crippen molar-refractivity contribution in [2.24, 2.45) is 0 Å². The molecule has 0 saturated carbocycles. The molecule has 2 aromatic heterocycles. The molecule has 5 rings (SSSR count). The van der Waals surface area contributed by atoms with Gasteiger partial charge >= 0.3 is 51.4 Å². The number of nitrogens with zero attached hydrogens (tertiary/aromatic N) is 2. The fourth-order valence-electron chi connectivity index (χ4n) is 3.76. The van der Waals surface area contributed by atoms with Crippen LogP contribution in [0.25, 0.3) is 38.2 Å². The smallest absolute Gasteiger partial charge is 0.744 e. The Morgan fingerprint density at radius 2 is 1.67 bits per heavy atom. The minimum atomic E-state index is -4.66. The number of pyridine rings is 1. The van der Waals surface area contributed by atoms with Crippen LogP contribution in [0.15, 0.2) is 58.2 Å². The zero-order valence-corrected chi connectivity index (χ0v) is 18.5. The fourth-order valence-corrected chi connectivity index (χ4v) is 4.43. The number of para-hydroxylation sites is 1. The average Bonchev–Trinajstić information content (AvgIpc) is 2.99. The quantitative estimate of drug-likeness (QED) is 0.286. The monoisotopic (exact) mass is 402 g/mol. The second-order valence-electron chi connectivity index (χ2n) is 6.31. The summed E-state index contributed by atoms with van der Waals surface area (Å²) in [6, 6.07) is 13.2. The largest absolute Gasteiger partial charge is 1.00 e. The van der Waals surface area contributed by atoms with Crippen molar-refractivity contribution in [3.05, 3.63) is 64.4 Å². The number of rotatable bonds is 1. The Bertz CT molecular complexity index is 1540. The Morgan fingerprint density at radius 1 is 0.963 bits per heavy atom. The molecule has 6 nitrogen and oxygen atoms in total. The van der Waals surface area contributed by atoms with E-state index in [1.165, 1.54) is 6.07 Å². The number of aryl methyl sites for hydroxylation is 1. The summed E-state index contributed by atoms with van der Waals surface area (Å²) in [7, 11) is -4.66. The van der Waals surface area contributed by atoms with Crippen molar-refractivity contribution in [2.45, 2.75) is 11.8 Å². The van der Waals surface area contributed by atoms with E-state index in [-0.39, 0.29) is 67.2 Å². The van der Waals surface area contributed by atoms with E-state index in [0.29, 0.717) is 27.3 Å². The van der Waals surface area contributed by atoms with Crippen LogP contribution in [-0.4, -0.2) is 22.4 Å². The van der Waals surface area contributed by atoms with Crippen LogP contribution in [0, 0.1) is 6.92 Å². The molecule has 2 heterocycles. The van der Waals surface area contributed by atoms with Crippen LogP contribution in [0.4, 0.5) is 0 Å². The average molecular weight is 402 g/mol. The van der Waals surface area contributed by atoms with Gasteiger partial charge in [-0.1, -0.05) is 24.3 Å². The van der Waals surface area contributed by atoms with Crippen molar-refractivity contribution in [2.75, 3.05) is 0 Å². The van der Waals surface area contributed by atoms with Crippen LogP contribution in [0.1, 0.15) is 5.56 Å². The second-order valence-corrected chi connectivity index (χ2v) is 7.66. The Balaban J connectivity index is 0.00000180. The molecule has 3 aromatic carbocycles. The van der Waals surface area contributed by atoms with E-state index in [1.54, 1.807) is 28.7 Å². The van der Waals surface area contributed by atoms with Gasteiger partial charge in [-0.25, -0.2) is 13.4 Å². The molecule has 0 spiro atoms. The summed E-state index contributed by atoms with van der Waals surface area (Å²) in [6.07, 6.45) is 0. The third-order valence-corrected chi connectivity index (χ3v) is 5.72. The van der Waals surface area contributed by atoms with Gasteiger partial charge in [0.25, 0.3) is 5.56 Å². The van der Waals surface area contributed by atoms with E-state index >= 15 is 0 Å². The van der Waals surface area contributed by atoms with E-state index in [0.717, 1.165) is 11.1 Å². The van der Waals surface area contributed by atoms with Gasteiger partial charge in [0.15, 0.2) is 0 Å². The van der Waals surface area contributed by atoms with Gasteiger partial charge in [-0.3, -0.25) is 9.20 Å². The van der Waals surface area contributed by atoms with Crippen LogP contribution in [0.2, 0.25) is 0 Å². The number of imidazole rings is 1. The first-order chi connectivity index (χ1) is 12.4. The van der Waals surface area contributed by atoms with Crippen molar-refractivity contribution >= 4 is 48.3 Å². The first kappa shape index (κ1) is 18.9. The number of benzene rings is 3. The van der Waals surface area contributed by atoms with E-state index < -0.39 is 10.1 Å². The Kier molecular flexibility index (Phi) is 4.43. The van der Waals surface area contributed by atoms with Gasteiger partial charge in [0.2, 0.25) is 0 Å². The number of fused-ring (bicyclic) bond motifs is 4. The molecule has 0 aliphatic heterocycles. The molecular formula is C19H11KN2O4S. The summed E-state index contributed by atoms with van der Waals surface area (Å²) in [5.74, 6) is 0. The summed E-state index contributed by atoms with van der Waals surface area (Å²) < 4.78 is 36.4. The maximum absolute atomic E-state index is 13.2. The topological polar surface area (TPSA) is 91.6 Å². The summed E-state index contributed by atoms with van der Waals surface area (Å²) in [6.45, 7) is 1.91. The van der Waals surface area contributed by atoms with Crippen LogP contribution >= 0.6 is 0 Å².